The zero-order valence-electron chi connectivity index (χ0n) is 11.7. The normalized spacial score (nSPS) is 11.7. The highest BCUT2D eigenvalue weighted by molar-refractivity contribution is 7.89. The first-order valence-corrected chi connectivity index (χ1v) is 7.90. The molecule has 0 aliphatic rings. The topological polar surface area (TPSA) is 63.7 Å². The van der Waals surface area contributed by atoms with Crippen LogP contribution in [0.15, 0.2) is 23.1 Å². The van der Waals surface area contributed by atoms with Crippen molar-refractivity contribution in [2.45, 2.75) is 24.7 Å². The number of nitrogens with zero attached hydrogens (tertiary/aromatic N) is 1. The molecule has 0 spiro atoms. The number of carbonyl (C=O) groups is 1. The van der Waals surface area contributed by atoms with E-state index in [-0.39, 0.29) is 23.8 Å². The van der Waals surface area contributed by atoms with Crippen LogP contribution in [-0.2, 0) is 19.6 Å². The molecule has 0 N–H and O–H groups in total. The van der Waals surface area contributed by atoms with E-state index < -0.39 is 10.0 Å². The molecule has 0 fully saturated rings. The number of sulfonamides is 1. The average molecular weight is 320 g/mol. The molecule has 1 rings (SSSR count). The lowest BCUT2D eigenvalue weighted by Crippen LogP contribution is -2.29. The van der Waals surface area contributed by atoms with Crippen molar-refractivity contribution in [2.75, 3.05) is 20.7 Å². The monoisotopic (exact) mass is 319 g/mol. The van der Waals surface area contributed by atoms with Gasteiger partial charge in [-0.3, -0.25) is 4.79 Å². The number of hydrogen-bond acceptors (Lipinski definition) is 4. The highest BCUT2D eigenvalue weighted by Gasteiger charge is 2.23. The Morgan fingerprint density at radius 3 is 2.65 bits per heavy atom. The highest BCUT2D eigenvalue weighted by atomic mass is 35.5. The summed E-state index contributed by atoms with van der Waals surface area (Å²) in [5.41, 5.74) is 0.522. The van der Waals surface area contributed by atoms with Gasteiger partial charge in [0.15, 0.2) is 0 Å². The van der Waals surface area contributed by atoms with Crippen molar-refractivity contribution < 1.29 is 17.9 Å². The first kappa shape index (κ1) is 16.9. The molecule has 0 bridgehead atoms. The second kappa shape index (κ2) is 7.06. The zero-order valence-corrected chi connectivity index (χ0v) is 13.3. The van der Waals surface area contributed by atoms with E-state index >= 15 is 0 Å². The van der Waals surface area contributed by atoms with Crippen LogP contribution in [0.25, 0.3) is 0 Å². The fraction of sp³-hybridized carbons (Fsp3) is 0.462. The van der Waals surface area contributed by atoms with E-state index in [1.165, 1.54) is 24.5 Å². The molecule has 5 nitrogen and oxygen atoms in total. The number of halogens is 1. The quantitative estimate of drug-likeness (QED) is 0.754. The molecule has 0 aromatic heterocycles. The van der Waals surface area contributed by atoms with Gasteiger partial charge in [0, 0.05) is 25.0 Å². The van der Waals surface area contributed by atoms with Gasteiger partial charge in [-0.05, 0) is 31.0 Å². The van der Waals surface area contributed by atoms with Crippen LogP contribution in [0, 0.1) is 6.92 Å². The summed E-state index contributed by atoms with van der Waals surface area (Å²) < 4.78 is 30.5. The number of rotatable bonds is 6. The molecule has 0 saturated carbocycles. The maximum atomic E-state index is 12.4. The molecule has 1 aromatic carbocycles. The third-order valence-electron chi connectivity index (χ3n) is 2.99. The van der Waals surface area contributed by atoms with E-state index in [1.54, 1.807) is 19.1 Å². The number of ether oxygens (including phenoxy) is 1. The summed E-state index contributed by atoms with van der Waals surface area (Å²) in [4.78, 5) is 11.2. The van der Waals surface area contributed by atoms with Crippen LogP contribution in [0.3, 0.4) is 0 Å². The van der Waals surface area contributed by atoms with E-state index in [0.29, 0.717) is 17.0 Å². The molecule has 1 aromatic rings. The molecule has 0 atom stereocenters. The number of carbonyl (C=O) groups excluding carboxylic acids is 1. The summed E-state index contributed by atoms with van der Waals surface area (Å²) in [5.74, 6) is -0.352. The maximum absolute atomic E-state index is 12.4. The molecule has 0 heterocycles. The summed E-state index contributed by atoms with van der Waals surface area (Å²) in [6.45, 7) is 1.90. The van der Waals surface area contributed by atoms with Gasteiger partial charge in [0.2, 0.25) is 10.0 Å². The second-order valence-corrected chi connectivity index (χ2v) is 6.79. The lowest BCUT2D eigenvalue weighted by atomic mass is 10.2. The van der Waals surface area contributed by atoms with E-state index in [0.717, 1.165) is 0 Å². The van der Waals surface area contributed by atoms with Gasteiger partial charge < -0.3 is 4.74 Å². The average Bonchev–Trinajstić information content (AvgIpc) is 2.41. The Bertz CT molecular complexity index is 586. The van der Waals surface area contributed by atoms with Gasteiger partial charge in [-0.2, -0.15) is 0 Å². The van der Waals surface area contributed by atoms with Gasteiger partial charge in [0.25, 0.3) is 0 Å². The summed E-state index contributed by atoms with van der Waals surface area (Å²) in [6.07, 6.45) is 0.590. The second-order valence-electron chi connectivity index (χ2n) is 4.37. The summed E-state index contributed by atoms with van der Waals surface area (Å²) in [6, 6.07) is 4.77. The molecule has 20 heavy (non-hydrogen) atoms. The lowest BCUT2D eigenvalue weighted by molar-refractivity contribution is -0.140. The molecular weight excluding hydrogens is 302 g/mol. The van der Waals surface area contributed by atoms with Crippen LogP contribution in [0.4, 0.5) is 0 Å². The van der Waals surface area contributed by atoms with Crippen molar-refractivity contribution in [1.29, 1.82) is 0 Å². The van der Waals surface area contributed by atoms with Crippen molar-refractivity contribution >= 4 is 27.6 Å². The Morgan fingerprint density at radius 2 is 2.05 bits per heavy atom. The Morgan fingerprint density at radius 1 is 1.40 bits per heavy atom. The highest BCUT2D eigenvalue weighted by Crippen LogP contribution is 2.25. The van der Waals surface area contributed by atoms with E-state index in [2.05, 4.69) is 4.74 Å². The number of esters is 1. The van der Waals surface area contributed by atoms with Gasteiger partial charge in [0.1, 0.15) is 0 Å². The minimum Gasteiger partial charge on any atom is -0.469 e. The molecule has 7 heteroatoms. The number of methoxy groups -OCH3 is 1. The predicted molar refractivity (Wildman–Crippen MR) is 77.3 cm³/mol. The first-order chi connectivity index (χ1) is 9.30. The number of benzene rings is 1. The fourth-order valence-electron chi connectivity index (χ4n) is 1.70. The Hall–Kier alpha value is -1.11. The van der Waals surface area contributed by atoms with Gasteiger partial charge in [-0.15, -0.1) is 0 Å². The predicted octanol–water partition coefficient (Wildman–Crippen LogP) is 2.22. The molecule has 0 aliphatic carbocycles. The van der Waals surface area contributed by atoms with Crippen molar-refractivity contribution in [2.24, 2.45) is 0 Å². The van der Waals surface area contributed by atoms with Gasteiger partial charge in [-0.25, -0.2) is 12.7 Å². The molecule has 0 saturated heterocycles. The summed E-state index contributed by atoms with van der Waals surface area (Å²) in [5, 5.41) is 0.411. The first-order valence-electron chi connectivity index (χ1n) is 6.09. The lowest BCUT2D eigenvalue weighted by Gasteiger charge is -2.18. The van der Waals surface area contributed by atoms with Gasteiger partial charge in [0.05, 0.1) is 12.0 Å². The minimum absolute atomic E-state index is 0.185. The smallest absolute Gasteiger partial charge is 0.305 e. The SMILES string of the molecule is COC(=O)CCCN(C)S(=O)(=O)c1cccc(Cl)c1C. The Balaban J connectivity index is 2.83. The van der Waals surface area contributed by atoms with Crippen molar-refractivity contribution in [3.05, 3.63) is 28.8 Å². The van der Waals surface area contributed by atoms with Crippen LogP contribution >= 0.6 is 11.6 Å². The largest absolute Gasteiger partial charge is 0.469 e. The minimum atomic E-state index is -3.60. The molecule has 0 amide bonds. The third-order valence-corrected chi connectivity index (χ3v) is 5.40. The van der Waals surface area contributed by atoms with Gasteiger partial charge >= 0.3 is 5.97 Å². The summed E-state index contributed by atoms with van der Waals surface area (Å²) in [7, 11) is -0.817. The molecule has 0 aliphatic heterocycles. The molecular formula is C13H18ClNO4S. The standard InChI is InChI=1S/C13H18ClNO4S/c1-10-11(14)6-4-7-12(10)20(17,18)15(2)9-5-8-13(16)19-3/h4,6-7H,5,8-9H2,1-3H3. The zero-order chi connectivity index (χ0) is 15.3. The fourth-order valence-corrected chi connectivity index (χ4v) is 3.39. The van der Waals surface area contributed by atoms with Crippen molar-refractivity contribution in [3.63, 3.8) is 0 Å². The number of hydrogen-bond donors (Lipinski definition) is 0. The third kappa shape index (κ3) is 3.94. The van der Waals surface area contributed by atoms with Crippen LogP contribution < -0.4 is 0 Å². The summed E-state index contributed by atoms with van der Waals surface area (Å²) >= 11 is 5.95. The molecule has 0 unspecified atom stereocenters. The van der Waals surface area contributed by atoms with E-state index in [1.807, 2.05) is 0 Å². The van der Waals surface area contributed by atoms with E-state index in [4.69, 9.17) is 11.6 Å². The van der Waals surface area contributed by atoms with Crippen molar-refractivity contribution in [3.8, 4) is 0 Å². The van der Waals surface area contributed by atoms with Crippen LogP contribution in [0.2, 0.25) is 5.02 Å². The van der Waals surface area contributed by atoms with Gasteiger partial charge in [-0.1, -0.05) is 17.7 Å². The molecule has 0 radical (unpaired) electrons. The van der Waals surface area contributed by atoms with Crippen LogP contribution in [0.5, 0.6) is 0 Å². The van der Waals surface area contributed by atoms with Crippen molar-refractivity contribution in [1.82, 2.24) is 4.31 Å². The Labute approximate surface area is 124 Å². The van der Waals surface area contributed by atoms with Crippen LogP contribution in [0.1, 0.15) is 18.4 Å². The molecule has 112 valence electrons. The Kier molecular flexibility index (Phi) is 5.98. The van der Waals surface area contributed by atoms with Crippen LogP contribution in [-0.4, -0.2) is 39.4 Å². The van der Waals surface area contributed by atoms with E-state index in [9.17, 15) is 13.2 Å². The maximum Gasteiger partial charge on any atom is 0.305 e.